The van der Waals surface area contributed by atoms with Crippen molar-refractivity contribution in [1.29, 1.82) is 0 Å². The van der Waals surface area contributed by atoms with Crippen LogP contribution in [0.1, 0.15) is 19.8 Å². The van der Waals surface area contributed by atoms with Crippen LogP contribution >= 0.6 is 0 Å². The molecule has 0 radical (unpaired) electrons. The third kappa shape index (κ3) is 5.28. The molecule has 7 nitrogen and oxygen atoms in total. The van der Waals surface area contributed by atoms with Crippen molar-refractivity contribution in [3.8, 4) is 0 Å². The minimum atomic E-state index is -0.988. The van der Waals surface area contributed by atoms with Crippen LogP contribution in [0, 0.1) is 0 Å². The number of methoxy groups -OCH3 is 1. The average molecular weight is 263 g/mol. The fraction of sp³-hybridized carbons (Fsp3) is 0.909. The summed E-state index contributed by atoms with van der Waals surface area (Å²) in [7, 11) is 1.34. The maximum atomic E-state index is 11.0. The van der Waals surface area contributed by atoms with E-state index in [1.165, 1.54) is 7.11 Å². The van der Waals surface area contributed by atoms with Gasteiger partial charge in [0, 0.05) is 6.42 Å². The Bertz CT molecular complexity index is 272. The van der Waals surface area contributed by atoms with Gasteiger partial charge in [0.05, 0.1) is 33.4 Å². The zero-order valence-corrected chi connectivity index (χ0v) is 10.8. The van der Waals surface area contributed by atoms with Gasteiger partial charge in [0.2, 0.25) is 0 Å². The van der Waals surface area contributed by atoms with Crippen LogP contribution in [0.4, 0.5) is 0 Å². The van der Waals surface area contributed by atoms with Crippen molar-refractivity contribution >= 4 is 5.97 Å². The molecule has 0 bridgehead atoms. The maximum absolute atomic E-state index is 11.0. The van der Waals surface area contributed by atoms with E-state index in [2.05, 4.69) is 4.74 Å². The molecule has 1 heterocycles. The monoisotopic (exact) mass is 263 g/mol. The van der Waals surface area contributed by atoms with E-state index in [9.17, 15) is 4.79 Å². The molecule has 0 aromatic rings. The molecule has 3 unspecified atom stereocenters. The van der Waals surface area contributed by atoms with E-state index in [0.717, 1.165) is 0 Å². The van der Waals surface area contributed by atoms with Crippen LogP contribution in [0.15, 0.2) is 0 Å². The predicted molar refractivity (Wildman–Crippen MR) is 61.5 cm³/mol. The highest BCUT2D eigenvalue weighted by Crippen LogP contribution is 2.28. The van der Waals surface area contributed by atoms with Crippen molar-refractivity contribution in [2.45, 2.75) is 37.9 Å². The smallest absolute Gasteiger partial charge is 0.305 e. The van der Waals surface area contributed by atoms with E-state index in [1.54, 1.807) is 6.92 Å². The summed E-state index contributed by atoms with van der Waals surface area (Å²) in [5.74, 6) is -1.09. The van der Waals surface area contributed by atoms with Gasteiger partial charge in [-0.1, -0.05) is 0 Å². The Balaban J connectivity index is 2.24. The fourth-order valence-corrected chi connectivity index (χ4v) is 1.65. The van der Waals surface area contributed by atoms with Gasteiger partial charge in [0.15, 0.2) is 5.79 Å². The summed E-state index contributed by atoms with van der Waals surface area (Å²) in [4.78, 5) is 11.0. The Hall–Kier alpha value is -0.730. The molecule has 3 atom stereocenters. The first kappa shape index (κ1) is 15.3. The van der Waals surface area contributed by atoms with E-state index in [1.807, 2.05) is 0 Å². The van der Waals surface area contributed by atoms with Gasteiger partial charge in [-0.15, -0.1) is 0 Å². The molecule has 0 amide bonds. The Labute approximate surface area is 106 Å². The molecule has 0 aromatic heterocycles. The first-order valence-electron chi connectivity index (χ1n) is 5.85. The van der Waals surface area contributed by atoms with E-state index >= 15 is 0 Å². The van der Waals surface area contributed by atoms with E-state index in [0.29, 0.717) is 19.6 Å². The van der Waals surface area contributed by atoms with E-state index in [4.69, 9.17) is 25.1 Å². The molecular weight excluding hydrogens is 242 g/mol. The van der Waals surface area contributed by atoms with E-state index in [-0.39, 0.29) is 25.1 Å². The SMILES string of the molecule is COC(=O)CCC1(C)OCC(COCC(N)O)O1. The first-order chi connectivity index (χ1) is 8.45. The van der Waals surface area contributed by atoms with Crippen LogP contribution in [0.2, 0.25) is 0 Å². The minimum absolute atomic E-state index is 0.0543. The molecule has 0 spiro atoms. The molecule has 1 saturated heterocycles. The molecule has 1 rings (SSSR count). The summed E-state index contributed by atoms with van der Waals surface area (Å²) in [6.07, 6.45) is -0.540. The van der Waals surface area contributed by atoms with Gasteiger partial charge >= 0.3 is 5.97 Å². The van der Waals surface area contributed by atoms with Crippen molar-refractivity contribution in [2.75, 3.05) is 26.9 Å². The number of carbonyl (C=O) groups is 1. The largest absolute Gasteiger partial charge is 0.469 e. The summed E-state index contributed by atoms with van der Waals surface area (Å²) in [6.45, 7) is 2.51. The number of aliphatic hydroxyl groups excluding tert-OH is 1. The lowest BCUT2D eigenvalue weighted by atomic mass is 10.2. The Morgan fingerprint density at radius 3 is 3.00 bits per heavy atom. The molecule has 0 saturated carbocycles. The molecule has 7 heteroatoms. The lowest BCUT2D eigenvalue weighted by Crippen LogP contribution is -2.31. The Morgan fingerprint density at radius 2 is 2.39 bits per heavy atom. The highest BCUT2D eigenvalue weighted by Gasteiger charge is 2.37. The average Bonchev–Trinajstić information content (AvgIpc) is 2.68. The molecule has 106 valence electrons. The van der Waals surface area contributed by atoms with Gasteiger partial charge < -0.3 is 29.8 Å². The Kier molecular flexibility index (Phi) is 5.97. The predicted octanol–water partition coefficient (Wildman–Crippen LogP) is -0.635. The van der Waals surface area contributed by atoms with Crippen molar-refractivity contribution in [2.24, 2.45) is 5.73 Å². The highest BCUT2D eigenvalue weighted by molar-refractivity contribution is 5.69. The quantitative estimate of drug-likeness (QED) is 0.465. The number of ether oxygens (including phenoxy) is 4. The van der Waals surface area contributed by atoms with Crippen LogP contribution in [0.3, 0.4) is 0 Å². The second kappa shape index (κ2) is 7.01. The molecule has 1 aliphatic heterocycles. The summed E-state index contributed by atoms with van der Waals surface area (Å²) < 4.78 is 20.9. The van der Waals surface area contributed by atoms with Crippen LogP contribution in [0.5, 0.6) is 0 Å². The maximum Gasteiger partial charge on any atom is 0.305 e. The highest BCUT2D eigenvalue weighted by atomic mass is 16.7. The fourth-order valence-electron chi connectivity index (χ4n) is 1.65. The lowest BCUT2D eigenvalue weighted by molar-refractivity contribution is -0.171. The first-order valence-corrected chi connectivity index (χ1v) is 5.85. The van der Waals surface area contributed by atoms with Gasteiger partial charge in [-0.05, 0) is 6.92 Å². The van der Waals surface area contributed by atoms with Crippen molar-refractivity contribution in [1.82, 2.24) is 0 Å². The van der Waals surface area contributed by atoms with Crippen LogP contribution in [-0.2, 0) is 23.7 Å². The Morgan fingerprint density at radius 1 is 1.67 bits per heavy atom. The third-order valence-corrected chi connectivity index (χ3v) is 2.59. The standard InChI is InChI=1S/C11H21NO6/c1-11(4-3-10(14)15-2)17-6-8(18-11)5-16-7-9(12)13/h8-9,13H,3-7,12H2,1-2H3. The molecule has 18 heavy (non-hydrogen) atoms. The van der Waals surface area contributed by atoms with Crippen molar-refractivity contribution in [3.63, 3.8) is 0 Å². The number of esters is 1. The van der Waals surface area contributed by atoms with E-state index < -0.39 is 12.0 Å². The van der Waals surface area contributed by atoms with Gasteiger partial charge in [-0.3, -0.25) is 4.79 Å². The number of hydrogen-bond acceptors (Lipinski definition) is 7. The number of aliphatic hydroxyl groups is 1. The van der Waals surface area contributed by atoms with Gasteiger partial charge in [0.25, 0.3) is 0 Å². The summed E-state index contributed by atoms with van der Waals surface area (Å²) >= 11 is 0. The molecule has 0 aliphatic carbocycles. The number of carbonyl (C=O) groups excluding carboxylic acids is 1. The van der Waals surface area contributed by atoms with Gasteiger partial charge in [0.1, 0.15) is 12.3 Å². The third-order valence-electron chi connectivity index (χ3n) is 2.59. The zero-order chi connectivity index (χ0) is 13.6. The van der Waals surface area contributed by atoms with Gasteiger partial charge in [-0.2, -0.15) is 0 Å². The van der Waals surface area contributed by atoms with Crippen molar-refractivity contribution < 1.29 is 28.8 Å². The number of hydrogen-bond donors (Lipinski definition) is 2. The lowest BCUT2D eigenvalue weighted by Gasteiger charge is -2.22. The van der Waals surface area contributed by atoms with Crippen LogP contribution in [0.25, 0.3) is 0 Å². The normalized spacial score (nSPS) is 29.2. The molecule has 0 aromatic carbocycles. The zero-order valence-electron chi connectivity index (χ0n) is 10.8. The second-order valence-electron chi connectivity index (χ2n) is 4.37. The summed E-state index contributed by atoms with van der Waals surface area (Å²) in [5.41, 5.74) is 5.13. The number of nitrogens with two attached hydrogens (primary N) is 1. The molecule has 1 aliphatic rings. The van der Waals surface area contributed by atoms with Crippen molar-refractivity contribution in [3.05, 3.63) is 0 Å². The molecule has 3 N–H and O–H groups in total. The summed E-state index contributed by atoms with van der Waals surface area (Å²) in [6, 6.07) is 0. The summed E-state index contributed by atoms with van der Waals surface area (Å²) in [5, 5.41) is 8.83. The second-order valence-corrected chi connectivity index (χ2v) is 4.37. The van der Waals surface area contributed by atoms with Gasteiger partial charge in [-0.25, -0.2) is 0 Å². The van der Waals surface area contributed by atoms with Crippen LogP contribution < -0.4 is 5.73 Å². The molecular formula is C11H21NO6. The van der Waals surface area contributed by atoms with Crippen LogP contribution in [-0.4, -0.2) is 56.1 Å². The topological polar surface area (TPSA) is 100 Å². The minimum Gasteiger partial charge on any atom is -0.469 e. The number of rotatable bonds is 7. The molecule has 1 fully saturated rings.